The van der Waals surface area contributed by atoms with E-state index in [4.69, 9.17) is 4.74 Å². The molecule has 1 fully saturated rings. The number of β-amino-alcohol motifs (C(OH)–C–C–N with tert-alkyl or cyclic N) is 1. The highest BCUT2D eigenvalue weighted by atomic mass is 16.5. The first-order valence-electron chi connectivity index (χ1n) is 7.29. The number of carbonyl (C=O) groups is 1. The molecule has 0 saturated carbocycles. The molecule has 2 rings (SSSR count). The number of likely N-dealkylation sites (N-methyl/N-ethyl adjacent to an activating group) is 1. The quantitative estimate of drug-likeness (QED) is 0.906. The maximum absolute atomic E-state index is 12.7. The van der Waals surface area contributed by atoms with Crippen molar-refractivity contribution in [1.82, 2.24) is 9.80 Å². The molecule has 1 N–H and O–H groups in total. The van der Waals surface area contributed by atoms with E-state index in [1.165, 1.54) is 0 Å². The monoisotopic (exact) mass is 292 g/mol. The summed E-state index contributed by atoms with van der Waals surface area (Å²) in [5.74, 6) is 0.509. The highest BCUT2D eigenvalue weighted by Gasteiger charge is 2.36. The molecule has 1 aliphatic rings. The van der Waals surface area contributed by atoms with Gasteiger partial charge in [0, 0.05) is 13.1 Å². The third-order valence-corrected chi connectivity index (χ3v) is 3.69. The predicted molar refractivity (Wildman–Crippen MR) is 81.6 cm³/mol. The number of ether oxygens (including phenoxy) is 1. The van der Waals surface area contributed by atoms with Crippen LogP contribution in [-0.4, -0.2) is 66.2 Å². The molecule has 2 atom stereocenters. The Bertz CT molecular complexity index is 502. The third-order valence-electron chi connectivity index (χ3n) is 3.69. The van der Waals surface area contributed by atoms with Crippen LogP contribution in [0.2, 0.25) is 0 Å². The van der Waals surface area contributed by atoms with Gasteiger partial charge in [-0.05, 0) is 40.1 Å². The summed E-state index contributed by atoms with van der Waals surface area (Å²) in [5, 5.41) is 10.1. The third kappa shape index (κ3) is 3.54. The van der Waals surface area contributed by atoms with Crippen molar-refractivity contribution in [2.75, 3.05) is 27.2 Å². The second kappa shape index (κ2) is 6.45. The molecule has 0 aromatic heterocycles. The van der Waals surface area contributed by atoms with Gasteiger partial charge in [-0.1, -0.05) is 12.1 Å². The smallest absolute Gasteiger partial charge is 0.257 e. The lowest BCUT2D eigenvalue weighted by molar-refractivity contribution is 0.0758. The number of benzene rings is 1. The average molecular weight is 292 g/mol. The molecule has 0 bridgehead atoms. The molecular weight excluding hydrogens is 268 g/mol. The molecule has 5 nitrogen and oxygen atoms in total. The fraction of sp³-hybridized carbons (Fsp3) is 0.562. The number of rotatable bonds is 4. The fourth-order valence-electron chi connectivity index (χ4n) is 2.61. The largest absolute Gasteiger partial charge is 0.490 e. The number of hydrogen-bond donors (Lipinski definition) is 1. The van der Waals surface area contributed by atoms with Crippen molar-refractivity contribution in [2.24, 2.45) is 0 Å². The van der Waals surface area contributed by atoms with Crippen LogP contribution in [0.15, 0.2) is 24.3 Å². The number of amides is 1. The highest BCUT2D eigenvalue weighted by molar-refractivity contribution is 5.97. The van der Waals surface area contributed by atoms with Gasteiger partial charge in [-0.3, -0.25) is 4.79 Å². The molecule has 0 aliphatic carbocycles. The van der Waals surface area contributed by atoms with E-state index in [-0.39, 0.29) is 18.1 Å². The molecular formula is C16H24N2O3. The van der Waals surface area contributed by atoms with Crippen molar-refractivity contribution < 1.29 is 14.6 Å². The molecule has 1 aliphatic heterocycles. The molecule has 116 valence electrons. The van der Waals surface area contributed by atoms with Crippen molar-refractivity contribution in [3.8, 4) is 5.75 Å². The zero-order valence-corrected chi connectivity index (χ0v) is 13.1. The fourth-order valence-corrected chi connectivity index (χ4v) is 2.61. The van der Waals surface area contributed by atoms with Gasteiger partial charge in [0.1, 0.15) is 5.75 Å². The Morgan fingerprint density at radius 2 is 2.00 bits per heavy atom. The van der Waals surface area contributed by atoms with E-state index in [0.717, 1.165) is 0 Å². The first-order chi connectivity index (χ1) is 9.90. The Balaban J connectivity index is 2.18. The first kappa shape index (κ1) is 15.8. The van der Waals surface area contributed by atoms with Gasteiger partial charge in [-0.2, -0.15) is 0 Å². The van der Waals surface area contributed by atoms with E-state index in [0.29, 0.717) is 24.4 Å². The summed E-state index contributed by atoms with van der Waals surface area (Å²) in [6.07, 6.45) is -0.500. The van der Waals surface area contributed by atoms with E-state index in [1.807, 2.05) is 51.0 Å². The summed E-state index contributed by atoms with van der Waals surface area (Å²) >= 11 is 0. The number of hydrogen-bond acceptors (Lipinski definition) is 4. The summed E-state index contributed by atoms with van der Waals surface area (Å²) in [5.41, 5.74) is 0.554. The van der Waals surface area contributed by atoms with Crippen LogP contribution in [-0.2, 0) is 0 Å². The number of aliphatic hydroxyl groups is 1. The van der Waals surface area contributed by atoms with Gasteiger partial charge in [-0.25, -0.2) is 0 Å². The number of nitrogens with zero attached hydrogens (tertiary/aromatic N) is 2. The lowest BCUT2D eigenvalue weighted by Crippen LogP contribution is -2.38. The molecule has 21 heavy (non-hydrogen) atoms. The van der Waals surface area contributed by atoms with Crippen LogP contribution in [0.3, 0.4) is 0 Å². The molecule has 1 saturated heterocycles. The molecule has 5 heteroatoms. The normalized spacial score (nSPS) is 22.1. The lowest BCUT2D eigenvalue weighted by atomic mass is 10.1. The minimum absolute atomic E-state index is 0.0117. The second-order valence-electron chi connectivity index (χ2n) is 5.97. The molecule has 1 aromatic rings. The maximum atomic E-state index is 12.7. The predicted octanol–water partition coefficient (Wildman–Crippen LogP) is 1.22. The summed E-state index contributed by atoms with van der Waals surface area (Å²) < 4.78 is 5.71. The number of likely N-dealkylation sites (tertiary alicyclic amines) is 1. The molecule has 1 heterocycles. The Morgan fingerprint density at radius 1 is 1.33 bits per heavy atom. The van der Waals surface area contributed by atoms with Gasteiger partial charge in [0.05, 0.1) is 23.8 Å². The lowest BCUT2D eigenvalue weighted by Gasteiger charge is -2.22. The standard InChI is InChI=1S/C16H24N2O3/c1-11(2)21-15-8-6-5-7-12(15)16(20)18-9-13(17(3)4)14(19)10-18/h5-8,11,13-14,19H,9-10H2,1-4H3/t13-,14-/m0/s1. The van der Waals surface area contributed by atoms with Crippen LogP contribution in [0.1, 0.15) is 24.2 Å². The number of aliphatic hydroxyl groups excluding tert-OH is 1. The van der Waals surface area contributed by atoms with E-state index < -0.39 is 6.10 Å². The topological polar surface area (TPSA) is 53.0 Å². The second-order valence-corrected chi connectivity index (χ2v) is 5.97. The molecule has 1 amide bonds. The molecule has 1 aromatic carbocycles. The Labute approximate surface area is 126 Å². The summed E-state index contributed by atoms with van der Waals surface area (Å²) in [4.78, 5) is 16.3. The number of para-hydroxylation sites is 1. The zero-order chi connectivity index (χ0) is 15.6. The zero-order valence-electron chi connectivity index (χ0n) is 13.1. The SMILES string of the molecule is CC(C)Oc1ccccc1C(=O)N1C[C@H](O)[C@@H](N(C)C)C1. The maximum Gasteiger partial charge on any atom is 0.257 e. The van der Waals surface area contributed by atoms with Crippen molar-refractivity contribution in [3.05, 3.63) is 29.8 Å². The Hall–Kier alpha value is -1.59. The van der Waals surface area contributed by atoms with Crippen LogP contribution >= 0.6 is 0 Å². The van der Waals surface area contributed by atoms with Crippen molar-refractivity contribution >= 4 is 5.91 Å². The van der Waals surface area contributed by atoms with E-state index >= 15 is 0 Å². The van der Waals surface area contributed by atoms with Crippen LogP contribution in [0.25, 0.3) is 0 Å². The van der Waals surface area contributed by atoms with E-state index in [1.54, 1.807) is 11.0 Å². The van der Waals surface area contributed by atoms with Gasteiger partial charge >= 0.3 is 0 Å². The van der Waals surface area contributed by atoms with Gasteiger partial charge in [-0.15, -0.1) is 0 Å². The molecule has 0 spiro atoms. The first-order valence-corrected chi connectivity index (χ1v) is 7.29. The summed E-state index contributed by atoms with van der Waals surface area (Å²) in [6, 6.07) is 7.25. The van der Waals surface area contributed by atoms with Crippen LogP contribution in [0, 0.1) is 0 Å². The van der Waals surface area contributed by atoms with Crippen LogP contribution in [0.4, 0.5) is 0 Å². The number of carbonyl (C=O) groups excluding carboxylic acids is 1. The van der Waals surface area contributed by atoms with E-state index in [2.05, 4.69) is 0 Å². The minimum atomic E-state index is -0.512. The van der Waals surface area contributed by atoms with Crippen molar-refractivity contribution in [3.63, 3.8) is 0 Å². The van der Waals surface area contributed by atoms with Crippen LogP contribution in [0.5, 0.6) is 5.75 Å². The van der Waals surface area contributed by atoms with Crippen molar-refractivity contribution in [1.29, 1.82) is 0 Å². The van der Waals surface area contributed by atoms with Gasteiger partial charge < -0.3 is 19.6 Å². The van der Waals surface area contributed by atoms with E-state index in [9.17, 15) is 9.90 Å². The Morgan fingerprint density at radius 3 is 2.57 bits per heavy atom. The molecule has 0 radical (unpaired) electrons. The highest BCUT2D eigenvalue weighted by Crippen LogP contribution is 2.24. The summed E-state index contributed by atoms with van der Waals surface area (Å²) in [6.45, 7) is 4.76. The van der Waals surface area contributed by atoms with Crippen molar-refractivity contribution in [2.45, 2.75) is 32.1 Å². The van der Waals surface area contributed by atoms with Crippen LogP contribution < -0.4 is 4.74 Å². The van der Waals surface area contributed by atoms with Gasteiger partial charge in [0.25, 0.3) is 5.91 Å². The average Bonchev–Trinajstić information content (AvgIpc) is 2.80. The summed E-state index contributed by atoms with van der Waals surface area (Å²) in [7, 11) is 3.83. The molecule has 0 unspecified atom stereocenters. The van der Waals surface area contributed by atoms with Gasteiger partial charge in [0.2, 0.25) is 0 Å². The van der Waals surface area contributed by atoms with Gasteiger partial charge in [0.15, 0.2) is 0 Å². The Kier molecular flexibility index (Phi) is 4.85. The minimum Gasteiger partial charge on any atom is -0.490 e.